The van der Waals surface area contributed by atoms with Crippen molar-refractivity contribution in [2.75, 3.05) is 0 Å². The quantitative estimate of drug-likeness (QED) is 0.730. The topological polar surface area (TPSA) is 34.9 Å². The highest BCUT2D eigenvalue weighted by Gasteiger charge is 2.13. The van der Waals surface area contributed by atoms with Crippen LogP contribution in [0.15, 0.2) is 40.8 Å². The van der Waals surface area contributed by atoms with Gasteiger partial charge in [0.05, 0.1) is 11.7 Å². The Hall–Kier alpha value is -1.94. The summed E-state index contributed by atoms with van der Waals surface area (Å²) < 4.78 is 1.72. The van der Waals surface area contributed by atoms with Crippen molar-refractivity contribution in [2.24, 2.45) is 5.92 Å². The van der Waals surface area contributed by atoms with E-state index in [1.165, 1.54) is 16.9 Å². The molecule has 0 spiro atoms. The Kier molecular flexibility index (Phi) is 3.64. The zero-order valence-corrected chi connectivity index (χ0v) is 13.3. The summed E-state index contributed by atoms with van der Waals surface area (Å²) >= 11 is 1.53. The van der Waals surface area contributed by atoms with E-state index in [4.69, 9.17) is 0 Å². The second-order valence-electron chi connectivity index (χ2n) is 5.79. The molecule has 3 nitrogen and oxygen atoms in total. The van der Waals surface area contributed by atoms with Gasteiger partial charge in [-0.05, 0) is 18.4 Å². The van der Waals surface area contributed by atoms with Crippen molar-refractivity contribution < 1.29 is 0 Å². The van der Waals surface area contributed by atoms with Gasteiger partial charge in [0, 0.05) is 17.5 Å². The van der Waals surface area contributed by atoms with Gasteiger partial charge in [0.25, 0.3) is 5.56 Å². The van der Waals surface area contributed by atoms with Crippen LogP contribution in [0.1, 0.15) is 19.4 Å². The summed E-state index contributed by atoms with van der Waals surface area (Å²) in [4.78, 5) is 18.0. The van der Waals surface area contributed by atoms with Crippen molar-refractivity contribution in [3.8, 4) is 11.1 Å². The number of rotatable bonds is 3. The van der Waals surface area contributed by atoms with Gasteiger partial charge in [-0.2, -0.15) is 0 Å². The lowest BCUT2D eigenvalue weighted by molar-refractivity contribution is 0.508. The minimum Gasteiger partial charge on any atom is -0.298 e. The van der Waals surface area contributed by atoms with Crippen molar-refractivity contribution >= 4 is 21.6 Å². The van der Waals surface area contributed by atoms with Gasteiger partial charge in [-0.3, -0.25) is 9.36 Å². The predicted octanol–water partition coefficient (Wildman–Crippen LogP) is 4.09. The summed E-state index contributed by atoms with van der Waals surface area (Å²) in [5.41, 5.74) is 3.35. The first-order valence-electron chi connectivity index (χ1n) is 7.10. The average molecular weight is 298 g/mol. The highest BCUT2D eigenvalue weighted by molar-refractivity contribution is 7.17. The molecule has 108 valence electrons. The van der Waals surface area contributed by atoms with Gasteiger partial charge in [0.1, 0.15) is 4.83 Å². The molecule has 0 radical (unpaired) electrons. The van der Waals surface area contributed by atoms with E-state index in [0.717, 1.165) is 21.3 Å². The highest BCUT2D eigenvalue weighted by atomic mass is 32.1. The molecule has 0 atom stereocenters. The van der Waals surface area contributed by atoms with Crippen LogP contribution >= 0.6 is 11.3 Å². The van der Waals surface area contributed by atoms with Gasteiger partial charge < -0.3 is 0 Å². The van der Waals surface area contributed by atoms with Gasteiger partial charge in [-0.1, -0.05) is 43.7 Å². The SMILES string of the molecule is Cc1ccc(-c2csc3ncn(CC(C)C)c(=O)c23)cc1. The van der Waals surface area contributed by atoms with Crippen LogP contribution in [0.25, 0.3) is 21.3 Å². The summed E-state index contributed by atoms with van der Waals surface area (Å²) in [6.45, 7) is 6.97. The minimum absolute atomic E-state index is 0.0607. The smallest absolute Gasteiger partial charge is 0.262 e. The maximum atomic E-state index is 12.7. The molecule has 21 heavy (non-hydrogen) atoms. The number of aromatic nitrogens is 2. The Labute approximate surface area is 127 Å². The minimum atomic E-state index is 0.0607. The molecule has 0 amide bonds. The number of nitrogens with zero attached hydrogens (tertiary/aromatic N) is 2. The molecule has 3 aromatic rings. The van der Waals surface area contributed by atoms with Crippen LogP contribution in [-0.4, -0.2) is 9.55 Å². The van der Waals surface area contributed by atoms with Crippen LogP contribution in [0.4, 0.5) is 0 Å². The number of thiophene rings is 1. The lowest BCUT2D eigenvalue weighted by Crippen LogP contribution is -2.22. The molecule has 0 fully saturated rings. The molecule has 0 saturated heterocycles. The Bertz CT molecular complexity index is 828. The fourth-order valence-corrected chi connectivity index (χ4v) is 3.34. The molecule has 3 rings (SSSR count). The first-order chi connectivity index (χ1) is 10.1. The zero-order valence-electron chi connectivity index (χ0n) is 12.5. The molecule has 0 aliphatic heterocycles. The van der Waals surface area contributed by atoms with E-state index in [0.29, 0.717) is 12.5 Å². The monoisotopic (exact) mass is 298 g/mol. The Morgan fingerprint density at radius 1 is 1.24 bits per heavy atom. The van der Waals surface area contributed by atoms with Crippen LogP contribution in [0, 0.1) is 12.8 Å². The standard InChI is InChI=1S/C17H18N2OS/c1-11(2)8-19-10-18-16-15(17(19)20)14(9-21-16)13-6-4-12(3)5-7-13/h4-7,9-11H,8H2,1-3H3. The summed E-state index contributed by atoms with van der Waals surface area (Å²) in [7, 11) is 0. The maximum Gasteiger partial charge on any atom is 0.262 e. The first-order valence-corrected chi connectivity index (χ1v) is 7.98. The Balaban J connectivity index is 2.20. The van der Waals surface area contributed by atoms with E-state index in [9.17, 15) is 4.79 Å². The average Bonchev–Trinajstić information content (AvgIpc) is 2.87. The molecule has 2 heterocycles. The molecule has 0 saturated carbocycles. The molecule has 0 unspecified atom stereocenters. The molecular weight excluding hydrogens is 280 g/mol. The molecule has 0 aliphatic carbocycles. The van der Waals surface area contributed by atoms with E-state index >= 15 is 0 Å². The first kappa shape index (κ1) is 14.0. The third-order valence-electron chi connectivity index (χ3n) is 3.49. The zero-order chi connectivity index (χ0) is 15.0. The van der Waals surface area contributed by atoms with Gasteiger partial charge in [-0.25, -0.2) is 4.98 Å². The van der Waals surface area contributed by atoms with E-state index in [1.807, 2.05) is 5.38 Å². The molecule has 4 heteroatoms. The van der Waals surface area contributed by atoms with E-state index in [-0.39, 0.29) is 5.56 Å². The lowest BCUT2D eigenvalue weighted by atomic mass is 10.1. The number of hydrogen-bond acceptors (Lipinski definition) is 3. The number of benzene rings is 1. The van der Waals surface area contributed by atoms with Gasteiger partial charge >= 0.3 is 0 Å². The second kappa shape index (κ2) is 5.45. The molecule has 0 N–H and O–H groups in total. The van der Waals surface area contributed by atoms with Crippen molar-refractivity contribution in [3.05, 3.63) is 51.9 Å². The van der Waals surface area contributed by atoms with E-state index in [2.05, 4.69) is 50.0 Å². The normalized spacial score (nSPS) is 11.4. The largest absolute Gasteiger partial charge is 0.298 e. The van der Waals surface area contributed by atoms with Gasteiger partial charge in [0.15, 0.2) is 0 Å². The summed E-state index contributed by atoms with van der Waals surface area (Å²) in [6, 6.07) is 8.27. The third kappa shape index (κ3) is 2.63. The lowest BCUT2D eigenvalue weighted by Gasteiger charge is -2.08. The van der Waals surface area contributed by atoms with Crippen LogP contribution in [0.2, 0.25) is 0 Å². The van der Waals surface area contributed by atoms with Crippen LogP contribution in [0.3, 0.4) is 0 Å². The molecule has 2 aromatic heterocycles. The maximum absolute atomic E-state index is 12.7. The third-order valence-corrected chi connectivity index (χ3v) is 4.37. The van der Waals surface area contributed by atoms with Gasteiger partial charge in [0.2, 0.25) is 0 Å². The fourth-order valence-electron chi connectivity index (χ4n) is 2.44. The van der Waals surface area contributed by atoms with Crippen molar-refractivity contribution in [1.29, 1.82) is 0 Å². The Morgan fingerprint density at radius 3 is 2.62 bits per heavy atom. The number of aryl methyl sites for hydroxylation is 1. The van der Waals surface area contributed by atoms with E-state index < -0.39 is 0 Å². The Morgan fingerprint density at radius 2 is 1.95 bits per heavy atom. The highest BCUT2D eigenvalue weighted by Crippen LogP contribution is 2.30. The second-order valence-corrected chi connectivity index (χ2v) is 6.65. The molecule has 0 aliphatic rings. The number of hydrogen-bond donors (Lipinski definition) is 0. The predicted molar refractivity (Wildman–Crippen MR) is 88.9 cm³/mol. The van der Waals surface area contributed by atoms with Crippen molar-refractivity contribution in [1.82, 2.24) is 9.55 Å². The van der Waals surface area contributed by atoms with Crippen LogP contribution < -0.4 is 5.56 Å². The molecule has 1 aromatic carbocycles. The van der Waals surface area contributed by atoms with Crippen LogP contribution in [-0.2, 0) is 6.54 Å². The van der Waals surface area contributed by atoms with Crippen LogP contribution in [0.5, 0.6) is 0 Å². The summed E-state index contributed by atoms with van der Waals surface area (Å²) in [5.74, 6) is 0.420. The van der Waals surface area contributed by atoms with E-state index in [1.54, 1.807) is 10.9 Å². The fraction of sp³-hybridized carbons (Fsp3) is 0.294. The van der Waals surface area contributed by atoms with Crippen molar-refractivity contribution in [2.45, 2.75) is 27.3 Å². The van der Waals surface area contributed by atoms with Crippen molar-refractivity contribution in [3.63, 3.8) is 0 Å². The summed E-state index contributed by atoms with van der Waals surface area (Å²) in [5, 5.41) is 2.77. The van der Waals surface area contributed by atoms with Gasteiger partial charge in [-0.15, -0.1) is 11.3 Å². The summed E-state index contributed by atoms with van der Waals surface area (Å²) in [6.07, 6.45) is 1.67. The number of fused-ring (bicyclic) bond motifs is 1. The molecule has 0 bridgehead atoms. The molecular formula is C17H18N2OS.